The van der Waals surface area contributed by atoms with Crippen LogP contribution in [0.5, 0.6) is 11.5 Å². The van der Waals surface area contributed by atoms with Gasteiger partial charge in [0, 0.05) is 74.8 Å². The zero-order chi connectivity index (χ0) is 31.5. The molecule has 13 heteroatoms. The molecule has 1 fully saturated rings. The normalized spacial score (nSPS) is 14.1. The van der Waals surface area contributed by atoms with Gasteiger partial charge in [-0.3, -0.25) is 14.3 Å². The van der Waals surface area contributed by atoms with Crippen molar-refractivity contribution in [2.45, 2.75) is 18.9 Å². The van der Waals surface area contributed by atoms with Crippen molar-refractivity contribution >= 4 is 28.4 Å². The van der Waals surface area contributed by atoms with Crippen molar-refractivity contribution in [3.8, 4) is 22.6 Å². The third-order valence-corrected chi connectivity index (χ3v) is 7.61. The lowest BCUT2D eigenvalue weighted by Crippen LogP contribution is -2.40. The molecular formula is C31H35F2N7O4. The molecule has 5 rings (SSSR count). The average molecular weight is 608 g/mol. The van der Waals surface area contributed by atoms with E-state index in [4.69, 9.17) is 9.47 Å². The van der Waals surface area contributed by atoms with Gasteiger partial charge in [-0.1, -0.05) is 6.08 Å². The minimum absolute atomic E-state index is 0.102. The summed E-state index contributed by atoms with van der Waals surface area (Å²) in [4.78, 5) is 35.2. The van der Waals surface area contributed by atoms with E-state index in [-0.39, 0.29) is 29.0 Å². The summed E-state index contributed by atoms with van der Waals surface area (Å²) in [6, 6.07) is 5.67. The van der Waals surface area contributed by atoms with Crippen molar-refractivity contribution in [1.82, 2.24) is 29.1 Å². The van der Waals surface area contributed by atoms with Crippen LogP contribution in [0.15, 0.2) is 53.6 Å². The minimum Gasteiger partial charge on any atom is -0.494 e. The highest BCUT2D eigenvalue weighted by molar-refractivity contribution is 5.88. The molecule has 1 aliphatic heterocycles. The molecule has 1 amide bonds. The smallest absolute Gasteiger partial charge is 0.259 e. The minimum atomic E-state index is -1.01. The molecule has 1 saturated heterocycles. The van der Waals surface area contributed by atoms with Crippen molar-refractivity contribution in [1.29, 1.82) is 0 Å². The standard InChI is InChI=1S/C31H35F2N7O4/c1-37(2)11-6-7-27(41)39-13-8-20(9-14-39)40-22-16-26(35-25-10-12-38(3)36-25)34-18-19(22)15-21(31(40)42)28-29(32)23(43-4)17-24(44-5)30(28)33/h6-7,10,12,15-18,20H,8-9,11,13-14H2,1-5H3,(H,34,35,36)/b7-6+. The second-order valence-electron chi connectivity index (χ2n) is 10.9. The number of hydrogen-bond acceptors (Lipinski definition) is 8. The maximum atomic E-state index is 15.6. The summed E-state index contributed by atoms with van der Waals surface area (Å²) < 4.78 is 44.7. The van der Waals surface area contributed by atoms with Crippen molar-refractivity contribution in [2.24, 2.45) is 7.05 Å². The Morgan fingerprint density at radius 3 is 2.36 bits per heavy atom. The summed E-state index contributed by atoms with van der Waals surface area (Å²) >= 11 is 0. The number of hydrogen-bond donors (Lipinski definition) is 1. The topological polar surface area (TPSA) is 107 Å². The largest absolute Gasteiger partial charge is 0.494 e. The van der Waals surface area contributed by atoms with Gasteiger partial charge in [0.05, 0.1) is 30.9 Å². The first-order valence-corrected chi connectivity index (χ1v) is 14.1. The molecule has 0 saturated carbocycles. The second kappa shape index (κ2) is 12.8. The molecule has 44 heavy (non-hydrogen) atoms. The van der Waals surface area contributed by atoms with E-state index in [0.717, 1.165) is 6.07 Å². The molecule has 4 heterocycles. The predicted octanol–water partition coefficient (Wildman–Crippen LogP) is 4.12. The van der Waals surface area contributed by atoms with Crippen LogP contribution < -0.4 is 20.3 Å². The van der Waals surface area contributed by atoms with Gasteiger partial charge in [-0.05, 0) is 33.0 Å². The lowest BCUT2D eigenvalue weighted by atomic mass is 9.99. The van der Waals surface area contributed by atoms with Crippen LogP contribution in [0.25, 0.3) is 22.0 Å². The van der Waals surface area contributed by atoms with E-state index < -0.39 is 22.8 Å². The highest BCUT2D eigenvalue weighted by Gasteiger charge is 2.29. The number of benzene rings is 1. The van der Waals surface area contributed by atoms with E-state index in [2.05, 4.69) is 15.4 Å². The zero-order valence-corrected chi connectivity index (χ0v) is 25.3. The van der Waals surface area contributed by atoms with Gasteiger partial charge >= 0.3 is 0 Å². The highest BCUT2D eigenvalue weighted by atomic mass is 19.1. The van der Waals surface area contributed by atoms with E-state index >= 15 is 8.78 Å². The summed E-state index contributed by atoms with van der Waals surface area (Å²) in [6.07, 6.45) is 7.62. The SMILES string of the molecule is COc1cc(OC)c(F)c(-c2cc3cnc(Nc4ccn(C)n4)cc3n(C3CCN(C(=O)/C=C/CN(C)C)CC3)c2=O)c1F. The van der Waals surface area contributed by atoms with E-state index in [9.17, 15) is 9.59 Å². The third-order valence-electron chi connectivity index (χ3n) is 7.61. The predicted molar refractivity (Wildman–Crippen MR) is 163 cm³/mol. The van der Waals surface area contributed by atoms with Crippen LogP contribution in [0, 0.1) is 11.6 Å². The van der Waals surface area contributed by atoms with Gasteiger partial charge in [0.25, 0.3) is 5.56 Å². The molecule has 0 aliphatic carbocycles. The molecule has 1 N–H and O–H groups in total. The van der Waals surface area contributed by atoms with Crippen LogP contribution in [0.1, 0.15) is 18.9 Å². The lowest BCUT2D eigenvalue weighted by molar-refractivity contribution is -0.127. The Balaban J connectivity index is 1.60. The van der Waals surface area contributed by atoms with Gasteiger partial charge in [-0.2, -0.15) is 5.10 Å². The number of likely N-dealkylation sites (tertiary alicyclic amines) is 1. The molecule has 3 aromatic heterocycles. The average Bonchev–Trinajstić information content (AvgIpc) is 3.41. The monoisotopic (exact) mass is 607 g/mol. The van der Waals surface area contributed by atoms with Crippen molar-refractivity contribution in [2.75, 3.05) is 53.3 Å². The number of halogens is 2. The maximum Gasteiger partial charge on any atom is 0.259 e. The van der Waals surface area contributed by atoms with Crippen LogP contribution in [0.3, 0.4) is 0 Å². The number of fused-ring (bicyclic) bond motifs is 1. The van der Waals surface area contributed by atoms with Crippen LogP contribution in [0.2, 0.25) is 0 Å². The number of methoxy groups -OCH3 is 2. The number of nitrogens with one attached hydrogen (secondary N) is 1. The molecule has 1 aromatic carbocycles. The van der Waals surface area contributed by atoms with E-state index in [0.29, 0.717) is 55.0 Å². The third kappa shape index (κ3) is 6.13. The number of pyridine rings is 2. The van der Waals surface area contributed by atoms with Gasteiger partial charge in [0.1, 0.15) is 5.82 Å². The Hall–Kier alpha value is -4.78. The Bertz CT molecular complexity index is 1750. The lowest BCUT2D eigenvalue weighted by Gasteiger charge is -2.33. The number of likely N-dealkylation sites (N-methyl/N-ethyl adjacent to an activating group) is 1. The summed E-state index contributed by atoms with van der Waals surface area (Å²) in [5.74, 6) is -1.64. The van der Waals surface area contributed by atoms with E-state index in [1.54, 1.807) is 51.8 Å². The zero-order valence-electron chi connectivity index (χ0n) is 25.3. The number of piperidine rings is 1. The van der Waals surface area contributed by atoms with Crippen LogP contribution >= 0.6 is 0 Å². The fourth-order valence-corrected chi connectivity index (χ4v) is 5.39. The van der Waals surface area contributed by atoms with Crippen LogP contribution in [0.4, 0.5) is 20.4 Å². The Morgan fingerprint density at radius 1 is 1.09 bits per heavy atom. The molecule has 0 atom stereocenters. The van der Waals surface area contributed by atoms with Gasteiger partial charge < -0.3 is 29.2 Å². The van der Waals surface area contributed by atoms with Crippen molar-refractivity contribution in [3.05, 3.63) is 70.8 Å². The van der Waals surface area contributed by atoms with Crippen molar-refractivity contribution in [3.63, 3.8) is 0 Å². The molecule has 0 bridgehead atoms. The Labute approximate surface area is 253 Å². The molecule has 4 aromatic rings. The van der Waals surface area contributed by atoms with Gasteiger partial charge in [-0.15, -0.1) is 0 Å². The summed E-state index contributed by atoms with van der Waals surface area (Å²) in [7, 11) is 8.14. The molecule has 0 unspecified atom stereocenters. The number of anilines is 2. The number of carbonyl (C=O) groups is 1. The molecular weight excluding hydrogens is 572 g/mol. The molecule has 11 nitrogen and oxygen atoms in total. The Kier molecular flexibility index (Phi) is 8.95. The van der Waals surface area contributed by atoms with Gasteiger partial charge in [0.15, 0.2) is 29.0 Å². The van der Waals surface area contributed by atoms with Crippen LogP contribution in [-0.4, -0.2) is 83.0 Å². The van der Waals surface area contributed by atoms with E-state index in [1.807, 2.05) is 25.1 Å². The number of nitrogens with zero attached hydrogens (tertiary/aromatic N) is 6. The number of aryl methyl sites for hydroxylation is 1. The number of amides is 1. The number of rotatable bonds is 9. The number of ether oxygens (including phenoxy) is 2. The maximum absolute atomic E-state index is 15.6. The first-order chi connectivity index (χ1) is 21.1. The first-order valence-electron chi connectivity index (χ1n) is 14.1. The summed E-state index contributed by atoms with van der Waals surface area (Å²) in [6.45, 7) is 1.46. The second-order valence-corrected chi connectivity index (χ2v) is 10.9. The highest BCUT2D eigenvalue weighted by Crippen LogP contribution is 2.38. The van der Waals surface area contributed by atoms with Gasteiger partial charge in [-0.25, -0.2) is 13.8 Å². The summed E-state index contributed by atoms with van der Waals surface area (Å²) in [5, 5.41) is 7.95. The first kappa shape index (κ1) is 30.7. The fraction of sp³-hybridized carbons (Fsp3) is 0.355. The summed E-state index contributed by atoms with van der Waals surface area (Å²) in [5.41, 5.74) is -0.798. The quantitative estimate of drug-likeness (QED) is 0.284. The molecule has 0 spiro atoms. The fourth-order valence-electron chi connectivity index (χ4n) is 5.39. The Morgan fingerprint density at radius 2 is 1.77 bits per heavy atom. The molecule has 1 aliphatic rings. The van der Waals surface area contributed by atoms with E-state index in [1.165, 1.54) is 20.3 Å². The molecule has 0 radical (unpaired) electrons. The number of aromatic nitrogens is 4. The van der Waals surface area contributed by atoms with Gasteiger partial charge in [0.2, 0.25) is 5.91 Å². The van der Waals surface area contributed by atoms with Crippen LogP contribution in [-0.2, 0) is 11.8 Å². The number of carbonyl (C=O) groups excluding carboxylic acids is 1. The molecule has 232 valence electrons. The van der Waals surface area contributed by atoms with Crippen molar-refractivity contribution < 1.29 is 23.0 Å².